The number of carbonyl (C=O) groups is 2. The Morgan fingerprint density at radius 1 is 1.43 bits per heavy atom. The van der Waals surface area contributed by atoms with Crippen LogP contribution in [-0.2, 0) is 9.59 Å². The monoisotopic (exact) mass is 358 g/mol. The number of hydrogen-bond acceptors (Lipinski definition) is 6. The lowest BCUT2D eigenvalue weighted by Gasteiger charge is -2.44. The number of thioether (sulfide) groups is 2. The maximum atomic E-state index is 12.2. The molecule has 3 aliphatic heterocycles. The fourth-order valence-electron chi connectivity index (χ4n) is 3.29. The van der Waals surface area contributed by atoms with Crippen LogP contribution in [0.4, 0.5) is 0 Å². The molecular weight excluding hydrogens is 336 g/mol. The van der Waals surface area contributed by atoms with Crippen LogP contribution in [0.25, 0.3) is 0 Å². The number of aliphatic carboxylic acids is 1. The number of aliphatic hydroxyl groups is 1. The van der Waals surface area contributed by atoms with Crippen molar-refractivity contribution in [3.05, 3.63) is 9.93 Å². The Morgan fingerprint density at radius 2 is 2.13 bits per heavy atom. The molecule has 0 radical (unpaired) electrons. The summed E-state index contributed by atoms with van der Waals surface area (Å²) in [4.78, 5) is 27.5. The van der Waals surface area contributed by atoms with Gasteiger partial charge in [-0.15, -0.1) is 11.8 Å². The predicted molar refractivity (Wildman–Crippen MR) is 90.8 cm³/mol. The number of likely N-dealkylation sites (tertiary alicyclic amines) is 1. The Morgan fingerprint density at radius 3 is 2.74 bits per heavy atom. The number of amides is 1. The molecule has 0 bridgehead atoms. The van der Waals surface area contributed by atoms with E-state index in [0.717, 1.165) is 25.4 Å². The molecule has 0 aromatic carbocycles. The molecular formula is C15H22N2O4S2. The molecule has 0 saturated carbocycles. The van der Waals surface area contributed by atoms with Gasteiger partial charge in [0.25, 0.3) is 0 Å². The van der Waals surface area contributed by atoms with E-state index < -0.39 is 18.0 Å². The molecule has 6 nitrogen and oxygen atoms in total. The van der Waals surface area contributed by atoms with Gasteiger partial charge in [0.1, 0.15) is 5.37 Å². The van der Waals surface area contributed by atoms with E-state index in [-0.39, 0.29) is 17.0 Å². The lowest BCUT2D eigenvalue weighted by molar-refractivity contribution is -0.157. The molecule has 3 aliphatic rings. The van der Waals surface area contributed by atoms with Gasteiger partial charge in [-0.1, -0.05) is 18.7 Å². The van der Waals surface area contributed by atoms with Gasteiger partial charge in [-0.25, -0.2) is 4.79 Å². The maximum absolute atomic E-state index is 12.2. The summed E-state index contributed by atoms with van der Waals surface area (Å²) in [5.41, 5.74) is 0.107. The first-order chi connectivity index (χ1) is 11.0. The standard InChI is InChI=1S/C15H22N2O4S2/c1-2-9(18)10-12(19)17-11(14(20)21)15(23-13(10)17)22-8-7-16-5-3-4-6-16/h9-10,13,18H,2-8H2,1H3,(H,20,21). The highest BCUT2D eigenvalue weighted by Gasteiger charge is 2.58. The first kappa shape index (κ1) is 17.1. The summed E-state index contributed by atoms with van der Waals surface area (Å²) < 4.78 is 0.709. The van der Waals surface area contributed by atoms with Crippen LogP contribution in [0.2, 0.25) is 0 Å². The number of hydrogen-bond donors (Lipinski definition) is 2. The van der Waals surface area contributed by atoms with Crippen LogP contribution in [0.15, 0.2) is 9.93 Å². The van der Waals surface area contributed by atoms with Crippen LogP contribution >= 0.6 is 23.5 Å². The summed E-state index contributed by atoms with van der Waals surface area (Å²) in [6.45, 7) is 5.02. The normalized spacial score (nSPS) is 29.0. The van der Waals surface area contributed by atoms with Crippen LogP contribution in [0.1, 0.15) is 26.2 Å². The number of fused-ring (bicyclic) bond motifs is 1. The average molecular weight is 358 g/mol. The summed E-state index contributed by atoms with van der Waals surface area (Å²) in [7, 11) is 0. The zero-order valence-electron chi connectivity index (χ0n) is 13.1. The number of β-lactam (4-membered cyclic amide) rings is 1. The van der Waals surface area contributed by atoms with Crippen molar-refractivity contribution in [3.63, 3.8) is 0 Å². The second-order valence-electron chi connectivity index (χ2n) is 6.06. The Labute approximate surface area is 144 Å². The van der Waals surface area contributed by atoms with E-state index in [0.29, 0.717) is 10.7 Å². The summed E-state index contributed by atoms with van der Waals surface area (Å²) >= 11 is 2.95. The second-order valence-corrected chi connectivity index (χ2v) is 8.55. The molecule has 2 fully saturated rings. The van der Waals surface area contributed by atoms with Crippen molar-refractivity contribution in [1.82, 2.24) is 9.80 Å². The minimum Gasteiger partial charge on any atom is -0.477 e. The fraction of sp³-hybridized carbons (Fsp3) is 0.733. The molecule has 8 heteroatoms. The van der Waals surface area contributed by atoms with E-state index in [1.54, 1.807) is 0 Å². The van der Waals surface area contributed by atoms with Crippen LogP contribution in [0.5, 0.6) is 0 Å². The van der Waals surface area contributed by atoms with Crippen LogP contribution in [0.3, 0.4) is 0 Å². The van der Waals surface area contributed by atoms with Crippen molar-refractivity contribution in [1.29, 1.82) is 0 Å². The second kappa shape index (κ2) is 7.04. The number of carbonyl (C=O) groups excluding carboxylic acids is 1. The number of carboxylic acid groups (broad SMARTS) is 1. The molecule has 0 aliphatic carbocycles. The van der Waals surface area contributed by atoms with Gasteiger partial charge >= 0.3 is 5.97 Å². The van der Waals surface area contributed by atoms with Gasteiger partial charge in [-0.2, -0.15) is 0 Å². The van der Waals surface area contributed by atoms with Gasteiger partial charge in [-0.3, -0.25) is 9.69 Å². The first-order valence-corrected chi connectivity index (χ1v) is 9.91. The molecule has 0 aromatic rings. The SMILES string of the molecule is CCC(O)C1C(=O)N2C(C(=O)O)=C(SCCN3CCCC3)SC12. The average Bonchev–Trinajstić information content (AvgIpc) is 3.13. The Bertz CT molecular complexity index is 534. The van der Waals surface area contributed by atoms with Crippen molar-refractivity contribution in [3.8, 4) is 0 Å². The molecule has 128 valence electrons. The van der Waals surface area contributed by atoms with Crippen LogP contribution in [0, 0.1) is 5.92 Å². The summed E-state index contributed by atoms with van der Waals surface area (Å²) in [5, 5.41) is 19.2. The largest absolute Gasteiger partial charge is 0.477 e. The van der Waals surface area contributed by atoms with Crippen molar-refractivity contribution in [2.75, 3.05) is 25.4 Å². The van der Waals surface area contributed by atoms with E-state index in [1.165, 1.54) is 41.3 Å². The van der Waals surface area contributed by atoms with E-state index in [9.17, 15) is 19.8 Å². The first-order valence-electron chi connectivity index (χ1n) is 8.05. The minimum atomic E-state index is -1.05. The smallest absolute Gasteiger partial charge is 0.354 e. The van der Waals surface area contributed by atoms with Crippen LogP contribution < -0.4 is 0 Å². The number of rotatable bonds is 7. The zero-order valence-corrected chi connectivity index (χ0v) is 14.7. The highest BCUT2D eigenvalue weighted by molar-refractivity contribution is 8.22. The maximum Gasteiger partial charge on any atom is 0.354 e. The number of carboxylic acids is 1. The summed E-state index contributed by atoms with van der Waals surface area (Å²) in [6, 6.07) is 0. The molecule has 0 spiro atoms. The third-order valence-electron chi connectivity index (χ3n) is 4.62. The van der Waals surface area contributed by atoms with Gasteiger partial charge in [0, 0.05) is 12.3 Å². The number of nitrogens with zero attached hydrogens (tertiary/aromatic N) is 2. The van der Waals surface area contributed by atoms with Crippen molar-refractivity contribution in [2.45, 2.75) is 37.7 Å². The molecule has 1 amide bonds. The van der Waals surface area contributed by atoms with Crippen molar-refractivity contribution in [2.24, 2.45) is 5.92 Å². The van der Waals surface area contributed by atoms with E-state index >= 15 is 0 Å². The van der Waals surface area contributed by atoms with Gasteiger partial charge in [0.15, 0.2) is 5.70 Å². The van der Waals surface area contributed by atoms with Gasteiger partial charge in [0.2, 0.25) is 5.91 Å². The summed E-state index contributed by atoms with van der Waals surface area (Å²) in [5.74, 6) is -0.962. The molecule has 3 unspecified atom stereocenters. The van der Waals surface area contributed by atoms with Gasteiger partial charge < -0.3 is 15.1 Å². The third-order valence-corrected chi connectivity index (χ3v) is 7.26. The van der Waals surface area contributed by atoms with Crippen molar-refractivity contribution < 1.29 is 19.8 Å². The topological polar surface area (TPSA) is 81.1 Å². The van der Waals surface area contributed by atoms with E-state index in [1.807, 2.05) is 6.92 Å². The molecule has 0 aromatic heterocycles. The van der Waals surface area contributed by atoms with Gasteiger partial charge in [0.05, 0.1) is 16.3 Å². The molecule has 3 heterocycles. The molecule has 2 N–H and O–H groups in total. The molecule has 2 saturated heterocycles. The Balaban J connectivity index is 1.64. The lowest BCUT2D eigenvalue weighted by atomic mass is 9.90. The minimum absolute atomic E-state index is 0.107. The molecule has 3 rings (SSSR count). The van der Waals surface area contributed by atoms with E-state index in [2.05, 4.69) is 4.90 Å². The zero-order chi connectivity index (χ0) is 16.6. The predicted octanol–water partition coefficient (Wildman–Crippen LogP) is 1.37. The highest BCUT2D eigenvalue weighted by Crippen LogP contribution is 2.53. The highest BCUT2D eigenvalue weighted by atomic mass is 32.2. The third kappa shape index (κ3) is 3.14. The fourth-order valence-corrected chi connectivity index (χ4v) is 6.24. The van der Waals surface area contributed by atoms with Crippen LogP contribution in [-0.4, -0.2) is 68.8 Å². The Kier molecular flexibility index (Phi) is 5.25. The molecule has 23 heavy (non-hydrogen) atoms. The molecule has 3 atom stereocenters. The van der Waals surface area contributed by atoms with E-state index in [4.69, 9.17) is 0 Å². The summed E-state index contributed by atoms with van der Waals surface area (Å²) in [6.07, 6.45) is 2.29. The Hall–Kier alpha value is -0.700. The quantitative estimate of drug-likeness (QED) is 0.665. The van der Waals surface area contributed by atoms with Gasteiger partial charge in [-0.05, 0) is 32.4 Å². The number of aliphatic hydroxyl groups excluding tert-OH is 1. The lowest BCUT2D eigenvalue weighted by Crippen LogP contribution is -2.61. The van der Waals surface area contributed by atoms with Crippen molar-refractivity contribution >= 4 is 35.4 Å².